The maximum atomic E-state index is 11.4. The van der Waals surface area contributed by atoms with Crippen LogP contribution in [-0.4, -0.2) is 37.6 Å². The van der Waals surface area contributed by atoms with Crippen LogP contribution in [0, 0.1) is 0 Å². The van der Waals surface area contributed by atoms with Crippen LogP contribution in [0.1, 0.15) is 21.6 Å². The minimum Gasteiger partial charge on any atom is -0.465 e. The van der Waals surface area contributed by atoms with Crippen molar-refractivity contribution < 1.29 is 9.53 Å². The van der Waals surface area contributed by atoms with Crippen LogP contribution in [0.5, 0.6) is 0 Å². The maximum absolute atomic E-state index is 11.4. The summed E-state index contributed by atoms with van der Waals surface area (Å²) in [7, 11) is 3.11. The smallest absolute Gasteiger partial charge is 0.337 e. The second-order valence-corrected chi connectivity index (χ2v) is 5.11. The van der Waals surface area contributed by atoms with Gasteiger partial charge in [0.05, 0.1) is 12.7 Å². The summed E-state index contributed by atoms with van der Waals surface area (Å²) in [4.78, 5) is 19.9. The van der Waals surface area contributed by atoms with Crippen molar-refractivity contribution in [1.29, 1.82) is 0 Å². The van der Waals surface area contributed by atoms with Crippen LogP contribution in [0.15, 0.2) is 53.7 Å². The van der Waals surface area contributed by atoms with Gasteiger partial charge in [0, 0.05) is 38.4 Å². The van der Waals surface area contributed by atoms with Crippen LogP contribution in [-0.2, 0) is 17.7 Å². The van der Waals surface area contributed by atoms with Crippen molar-refractivity contribution in [3.63, 3.8) is 0 Å². The Kier molecular flexibility index (Phi) is 6.76. The molecule has 1 aromatic carbocycles. The van der Waals surface area contributed by atoms with E-state index in [9.17, 15) is 4.79 Å². The minimum absolute atomic E-state index is 0.332. The van der Waals surface area contributed by atoms with Gasteiger partial charge in [0.15, 0.2) is 5.96 Å². The number of nitrogens with one attached hydrogen (secondary N) is 2. The Morgan fingerprint density at radius 3 is 2.58 bits per heavy atom. The third kappa shape index (κ3) is 5.39. The number of methoxy groups -OCH3 is 1. The van der Waals surface area contributed by atoms with Gasteiger partial charge in [-0.25, -0.2) is 4.79 Å². The molecule has 2 N–H and O–H groups in total. The summed E-state index contributed by atoms with van der Waals surface area (Å²) < 4.78 is 4.68. The Morgan fingerprint density at radius 2 is 1.96 bits per heavy atom. The summed E-state index contributed by atoms with van der Waals surface area (Å²) in [5.74, 6) is 0.393. The molecule has 0 saturated heterocycles. The molecule has 0 aliphatic heterocycles. The number of pyridine rings is 1. The zero-order valence-electron chi connectivity index (χ0n) is 14.0. The van der Waals surface area contributed by atoms with E-state index in [2.05, 4.69) is 25.3 Å². The van der Waals surface area contributed by atoms with Crippen molar-refractivity contribution >= 4 is 11.9 Å². The Labute approximate surface area is 142 Å². The molecule has 0 saturated carbocycles. The van der Waals surface area contributed by atoms with E-state index in [1.807, 2.05) is 30.3 Å². The Hall–Kier alpha value is -2.89. The largest absolute Gasteiger partial charge is 0.465 e. The van der Waals surface area contributed by atoms with E-state index in [0.717, 1.165) is 30.2 Å². The molecule has 1 aromatic heterocycles. The lowest BCUT2D eigenvalue weighted by Gasteiger charge is -2.12. The molecule has 0 aliphatic carbocycles. The molecule has 0 unspecified atom stereocenters. The summed E-state index contributed by atoms with van der Waals surface area (Å²) in [5, 5.41) is 6.49. The van der Waals surface area contributed by atoms with Crippen LogP contribution in [0.25, 0.3) is 0 Å². The molecular formula is C18H22N4O2. The molecule has 0 spiro atoms. The SMILES string of the molecule is CN=C(NCCc1ccccn1)NCc1ccc(C(=O)OC)cc1. The first-order chi connectivity index (χ1) is 11.7. The zero-order valence-corrected chi connectivity index (χ0v) is 14.0. The average Bonchev–Trinajstić information content (AvgIpc) is 2.65. The average molecular weight is 326 g/mol. The normalized spacial score (nSPS) is 11.0. The molecule has 2 rings (SSSR count). The van der Waals surface area contributed by atoms with Crippen molar-refractivity contribution in [2.45, 2.75) is 13.0 Å². The van der Waals surface area contributed by atoms with Crippen LogP contribution in [0.3, 0.4) is 0 Å². The van der Waals surface area contributed by atoms with Crippen LogP contribution in [0.2, 0.25) is 0 Å². The van der Waals surface area contributed by atoms with Gasteiger partial charge >= 0.3 is 5.97 Å². The van der Waals surface area contributed by atoms with Crippen molar-refractivity contribution in [1.82, 2.24) is 15.6 Å². The van der Waals surface area contributed by atoms with Crippen molar-refractivity contribution in [2.24, 2.45) is 4.99 Å². The second-order valence-electron chi connectivity index (χ2n) is 5.11. The molecule has 1 heterocycles. The molecule has 0 atom stereocenters. The predicted molar refractivity (Wildman–Crippen MR) is 93.9 cm³/mol. The number of carbonyl (C=O) groups is 1. The number of aliphatic imine (C=N–C) groups is 1. The Morgan fingerprint density at radius 1 is 1.17 bits per heavy atom. The van der Waals surface area contributed by atoms with Crippen molar-refractivity contribution in [3.8, 4) is 0 Å². The van der Waals surface area contributed by atoms with Gasteiger partial charge in [-0.15, -0.1) is 0 Å². The summed E-state index contributed by atoms with van der Waals surface area (Å²) in [5.41, 5.74) is 2.63. The van der Waals surface area contributed by atoms with Crippen molar-refractivity contribution in [2.75, 3.05) is 20.7 Å². The van der Waals surface area contributed by atoms with Crippen LogP contribution >= 0.6 is 0 Å². The molecule has 6 nitrogen and oxygen atoms in total. The number of aromatic nitrogens is 1. The molecule has 0 fully saturated rings. The summed E-state index contributed by atoms with van der Waals surface area (Å²) in [6, 6.07) is 13.2. The number of rotatable bonds is 6. The fourth-order valence-electron chi connectivity index (χ4n) is 2.14. The molecule has 0 aliphatic rings. The molecule has 2 aromatic rings. The van der Waals surface area contributed by atoms with Gasteiger partial charge in [0.2, 0.25) is 0 Å². The number of esters is 1. The molecule has 0 bridgehead atoms. The summed E-state index contributed by atoms with van der Waals surface area (Å²) in [6.07, 6.45) is 2.62. The van der Waals surface area contributed by atoms with Gasteiger partial charge in [-0.3, -0.25) is 9.98 Å². The van der Waals surface area contributed by atoms with E-state index < -0.39 is 0 Å². The Bertz CT molecular complexity index is 669. The lowest BCUT2D eigenvalue weighted by atomic mass is 10.1. The summed E-state index contributed by atoms with van der Waals surface area (Å²) >= 11 is 0. The molecule has 126 valence electrons. The molecule has 0 radical (unpaired) electrons. The molecule has 6 heteroatoms. The van der Waals surface area contributed by atoms with E-state index in [0.29, 0.717) is 12.1 Å². The quantitative estimate of drug-likeness (QED) is 0.481. The topological polar surface area (TPSA) is 75.6 Å². The van der Waals surface area contributed by atoms with Gasteiger partial charge in [-0.05, 0) is 29.8 Å². The predicted octanol–water partition coefficient (Wildman–Crippen LogP) is 1.78. The number of ether oxygens (including phenoxy) is 1. The van der Waals surface area contributed by atoms with Crippen LogP contribution in [0.4, 0.5) is 0 Å². The second kappa shape index (κ2) is 9.29. The first-order valence-electron chi connectivity index (χ1n) is 7.74. The Balaban J connectivity index is 1.78. The molecular weight excluding hydrogens is 304 g/mol. The van der Waals surface area contributed by atoms with E-state index in [1.54, 1.807) is 25.4 Å². The van der Waals surface area contributed by atoms with Gasteiger partial charge in [-0.2, -0.15) is 0 Å². The monoisotopic (exact) mass is 326 g/mol. The van der Waals surface area contributed by atoms with Gasteiger partial charge in [0.1, 0.15) is 0 Å². The maximum Gasteiger partial charge on any atom is 0.337 e. The van der Waals surface area contributed by atoms with E-state index >= 15 is 0 Å². The number of benzene rings is 1. The molecule has 24 heavy (non-hydrogen) atoms. The van der Waals surface area contributed by atoms with E-state index in [-0.39, 0.29) is 5.97 Å². The highest BCUT2D eigenvalue weighted by molar-refractivity contribution is 5.89. The van der Waals surface area contributed by atoms with Crippen LogP contribution < -0.4 is 10.6 Å². The van der Waals surface area contributed by atoms with Gasteiger partial charge < -0.3 is 15.4 Å². The van der Waals surface area contributed by atoms with Crippen molar-refractivity contribution in [3.05, 3.63) is 65.5 Å². The summed E-state index contributed by atoms with van der Waals surface area (Å²) in [6.45, 7) is 1.36. The van der Waals surface area contributed by atoms with Gasteiger partial charge in [0.25, 0.3) is 0 Å². The highest BCUT2D eigenvalue weighted by Crippen LogP contribution is 2.05. The lowest BCUT2D eigenvalue weighted by molar-refractivity contribution is 0.0600. The molecule has 0 amide bonds. The third-order valence-corrected chi connectivity index (χ3v) is 3.46. The zero-order chi connectivity index (χ0) is 17.2. The van der Waals surface area contributed by atoms with E-state index in [4.69, 9.17) is 0 Å². The van der Waals surface area contributed by atoms with Gasteiger partial charge in [-0.1, -0.05) is 18.2 Å². The first-order valence-corrected chi connectivity index (χ1v) is 7.74. The fraction of sp³-hybridized carbons (Fsp3) is 0.278. The third-order valence-electron chi connectivity index (χ3n) is 3.46. The minimum atomic E-state index is -0.332. The lowest BCUT2D eigenvalue weighted by Crippen LogP contribution is -2.37. The number of nitrogens with zero attached hydrogens (tertiary/aromatic N) is 2. The number of carbonyl (C=O) groups excluding carboxylic acids is 1. The highest BCUT2D eigenvalue weighted by atomic mass is 16.5. The number of guanidine groups is 1. The highest BCUT2D eigenvalue weighted by Gasteiger charge is 2.04. The van der Waals surface area contributed by atoms with E-state index in [1.165, 1.54) is 7.11 Å². The fourth-order valence-corrected chi connectivity index (χ4v) is 2.14. The number of hydrogen-bond donors (Lipinski definition) is 2. The first kappa shape index (κ1) is 17.5. The standard InChI is InChI=1S/C18H22N4O2/c1-19-18(21-12-10-16-5-3-4-11-20-16)22-13-14-6-8-15(9-7-14)17(23)24-2/h3-9,11H,10,12-13H2,1-2H3,(H2,19,21,22). The number of hydrogen-bond acceptors (Lipinski definition) is 4.